The molecule has 44 heavy (non-hydrogen) atoms. The second-order valence-corrected chi connectivity index (χ2v) is 12.6. The van der Waals surface area contributed by atoms with Crippen molar-refractivity contribution in [1.82, 2.24) is 9.97 Å². The van der Waals surface area contributed by atoms with Crippen LogP contribution in [0.15, 0.2) is 119 Å². The summed E-state index contributed by atoms with van der Waals surface area (Å²) < 4.78 is 30.8. The predicted octanol–water partition coefficient (Wildman–Crippen LogP) is 5.81. The molecule has 10 nitrogen and oxygen atoms in total. The van der Waals surface area contributed by atoms with Crippen molar-refractivity contribution < 1.29 is 28.2 Å². The van der Waals surface area contributed by atoms with E-state index in [9.17, 15) is 28.2 Å². The maximum atomic E-state index is 14.2. The Bertz CT molecular complexity index is 2160. The maximum Gasteiger partial charge on any atom is 0.324 e. The van der Waals surface area contributed by atoms with Gasteiger partial charge < -0.3 is 14.5 Å². The van der Waals surface area contributed by atoms with Crippen LogP contribution in [-0.2, 0) is 19.6 Å². The van der Waals surface area contributed by atoms with Gasteiger partial charge in [-0.05, 0) is 48.3 Å². The quantitative estimate of drug-likeness (QED) is 0.179. The second kappa shape index (κ2) is 11.8. The molecule has 0 amide bonds. The number of carboxylic acids is 2. The van der Waals surface area contributed by atoms with Crippen molar-refractivity contribution in [1.29, 1.82) is 0 Å². The summed E-state index contributed by atoms with van der Waals surface area (Å²) in [5, 5.41) is 22.1. The molecule has 0 aliphatic heterocycles. The Morgan fingerprint density at radius 1 is 0.659 bits per heavy atom. The lowest BCUT2D eigenvalue weighted by Gasteiger charge is -2.28. The number of anilines is 2. The molecule has 0 saturated heterocycles. The number of pyridine rings is 2. The molecular formula is C32H24N4O6S2. The molecule has 0 fully saturated rings. The Balaban J connectivity index is 1.51. The molecule has 220 valence electrons. The van der Waals surface area contributed by atoms with Gasteiger partial charge in [-0.2, -0.15) is 0 Å². The number of carboxylic acid groups (broad SMARTS) is 2. The van der Waals surface area contributed by atoms with E-state index >= 15 is 0 Å². The van der Waals surface area contributed by atoms with E-state index in [0.29, 0.717) is 27.4 Å². The number of rotatable bonds is 10. The fourth-order valence-corrected chi connectivity index (χ4v) is 7.75. The van der Waals surface area contributed by atoms with Crippen molar-refractivity contribution in [2.24, 2.45) is 0 Å². The first-order valence-electron chi connectivity index (χ1n) is 13.3. The number of hydrogen-bond acceptors (Lipinski definition) is 8. The van der Waals surface area contributed by atoms with E-state index in [1.807, 2.05) is 30.3 Å². The third kappa shape index (κ3) is 5.48. The second-order valence-electron chi connectivity index (χ2n) is 9.74. The zero-order valence-corrected chi connectivity index (χ0v) is 24.6. The molecule has 2 aromatic heterocycles. The first-order chi connectivity index (χ1) is 21.2. The lowest BCUT2D eigenvalue weighted by atomic mass is 10.1. The van der Waals surface area contributed by atoms with E-state index in [1.165, 1.54) is 30.3 Å². The van der Waals surface area contributed by atoms with E-state index < -0.39 is 28.5 Å². The van der Waals surface area contributed by atoms with Crippen molar-refractivity contribution >= 4 is 77.9 Å². The van der Waals surface area contributed by atoms with Crippen molar-refractivity contribution in [2.45, 2.75) is 9.79 Å². The number of benzene rings is 4. The first kappa shape index (κ1) is 28.9. The summed E-state index contributed by atoms with van der Waals surface area (Å²) in [6.07, 6.45) is 3.15. The number of nitrogens with zero attached hydrogens (tertiary/aromatic N) is 4. The van der Waals surface area contributed by atoms with Crippen LogP contribution < -0.4 is 8.61 Å². The van der Waals surface area contributed by atoms with Gasteiger partial charge in [0.25, 0.3) is 10.0 Å². The van der Waals surface area contributed by atoms with E-state index in [-0.39, 0.29) is 22.6 Å². The van der Waals surface area contributed by atoms with E-state index in [1.54, 1.807) is 65.1 Å². The SMILES string of the molecule is O=C(O)CN(Sc1cccc2cccnc12)c1ccc(N(CC(=O)O)S(=O)(=O)c2cccc3cccnc23)c2ccccc12. The van der Waals surface area contributed by atoms with Crippen molar-refractivity contribution in [2.75, 3.05) is 21.7 Å². The zero-order chi connectivity index (χ0) is 30.8. The lowest BCUT2D eigenvalue weighted by molar-refractivity contribution is -0.136. The Hall–Kier alpha value is -5.20. The molecule has 0 bridgehead atoms. The van der Waals surface area contributed by atoms with E-state index in [4.69, 9.17) is 0 Å². The van der Waals surface area contributed by atoms with Crippen LogP contribution in [0.5, 0.6) is 0 Å². The van der Waals surface area contributed by atoms with Crippen LogP contribution in [0.2, 0.25) is 0 Å². The summed E-state index contributed by atoms with van der Waals surface area (Å²) in [7, 11) is -4.42. The van der Waals surface area contributed by atoms with Crippen LogP contribution in [0.3, 0.4) is 0 Å². The number of carbonyl (C=O) groups is 2. The Morgan fingerprint density at radius 2 is 1.23 bits per heavy atom. The summed E-state index contributed by atoms with van der Waals surface area (Å²) in [6.45, 7) is -1.22. The molecular weight excluding hydrogens is 601 g/mol. The fourth-order valence-electron chi connectivity index (χ4n) is 5.09. The summed E-state index contributed by atoms with van der Waals surface area (Å²) in [4.78, 5) is 33.5. The summed E-state index contributed by atoms with van der Waals surface area (Å²) in [5.74, 6) is -2.42. The minimum Gasteiger partial charge on any atom is -0.480 e. The predicted molar refractivity (Wildman–Crippen MR) is 170 cm³/mol. The zero-order valence-electron chi connectivity index (χ0n) is 22.9. The molecule has 0 unspecified atom stereocenters. The van der Waals surface area contributed by atoms with Gasteiger partial charge in [0.1, 0.15) is 18.0 Å². The van der Waals surface area contributed by atoms with Gasteiger partial charge in [-0.1, -0.05) is 60.7 Å². The van der Waals surface area contributed by atoms with Crippen molar-refractivity contribution in [3.63, 3.8) is 0 Å². The first-order valence-corrected chi connectivity index (χ1v) is 15.6. The van der Waals surface area contributed by atoms with Crippen LogP contribution >= 0.6 is 11.9 Å². The van der Waals surface area contributed by atoms with Gasteiger partial charge in [0, 0.05) is 33.9 Å². The smallest absolute Gasteiger partial charge is 0.324 e. The molecule has 0 aliphatic rings. The van der Waals surface area contributed by atoms with Gasteiger partial charge in [0.2, 0.25) is 0 Å². The fraction of sp³-hybridized carbons (Fsp3) is 0.0625. The molecule has 12 heteroatoms. The highest BCUT2D eigenvalue weighted by molar-refractivity contribution is 8.01. The largest absolute Gasteiger partial charge is 0.480 e. The number of aromatic nitrogens is 2. The highest BCUT2D eigenvalue weighted by Gasteiger charge is 2.31. The topological polar surface area (TPSA) is 141 Å². The molecule has 0 saturated carbocycles. The van der Waals surface area contributed by atoms with E-state index in [2.05, 4.69) is 9.97 Å². The molecule has 0 atom stereocenters. The van der Waals surface area contributed by atoms with Gasteiger partial charge in [0.05, 0.1) is 27.3 Å². The van der Waals surface area contributed by atoms with Crippen LogP contribution in [0.4, 0.5) is 11.4 Å². The molecule has 0 radical (unpaired) electrons. The van der Waals surface area contributed by atoms with Crippen LogP contribution in [0.25, 0.3) is 32.6 Å². The third-order valence-electron chi connectivity index (χ3n) is 6.94. The summed E-state index contributed by atoms with van der Waals surface area (Å²) in [5.41, 5.74) is 1.56. The number of hydrogen-bond donors (Lipinski definition) is 2. The number of para-hydroxylation sites is 2. The maximum absolute atomic E-state index is 14.2. The number of fused-ring (bicyclic) bond motifs is 3. The summed E-state index contributed by atoms with van der Waals surface area (Å²) >= 11 is 1.20. The molecule has 4 aromatic carbocycles. The normalized spacial score (nSPS) is 11.5. The molecule has 0 spiro atoms. The average Bonchev–Trinajstić information content (AvgIpc) is 3.02. The van der Waals surface area contributed by atoms with Crippen LogP contribution in [0.1, 0.15) is 0 Å². The highest BCUT2D eigenvalue weighted by atomic mass is 32.2. The minimum absolute atomic E-state index is 0.128. The van der Waals surface area contributed by atoms with Gasteiger partial charge in [-0.25, -0.2) is 8.42 Å². The lowest BCUT2D eigenvalue weighted by Crippen LogP contribution is -2.36. The average molecular weight is 625 g/mol. The third-order valence-corrected chi connectivity index (χ3v) is 9.80. The standard InChI is InChI=1S/C32H24N4O6S2/c37-29(38)19-35(43-27-13-3-7-21-9-5-17-33-31(21)27)25-15-16-26(24-12-2-1-11-23(24)25)36(20-30(39)40)44(41,42)28-14-4-8-22-10-6-18-34-32(22)28/h1-18H,19-20H2,(H,37,38)(H,39,40). The Morgan fingerprint density at radius 3 is 1.91 bits per heavy atom. The number of aliphatic carboxylic acids is 2. The van der Waals surface area contributed by atoms with Gasteiger partial charge in [-0.15, -0.1) is 0 Å². The molecule has 0 aliphatic carbocycles. The van der Waals surface area contributed by atoms with Crippen molar-refractivity contribution in [3.05, 3.63) is 109 Å². The highest BCUT2D eigenvalue weighted by Crippen LogP contribution is 2.41. The summed E-state index contributed by atoms with van der Waals surface area (Å²) in [6, 6.07) is 27.5. The van der Waals surface area contributed by atoms with Gasteiger partial charge in [0.15, 0.2) is 0 Å². The Labute approximate surface area is 256 Å². The van der Waals surface area contributed by atoms with Crippen LogP contribution in [0, 0.1) is 0 Å². The minimum atomic E-state index is -4.42. The monoisotopic (exact) mass is 624 g/mol. The molecule has 6 aromatic rings. The van der Waals surface area contributed by atoms with Gasteiger partial charge >= 0.3 is 11.9 Å². The molecule has 6 rings (SSSR count). The Kier molecular flexibility index (Phi) is 7.77. The van der Waals surface area contributed by atoms with E-state index in [0.717, 1.165) is 14.6 Å². The molecule has 2 heterocycles. The molecule has 2 N–H and O–H groups in total. The van der Waals surface area contributed by atoms with Crippen molar-refractivity contribution in [3.8, 4) is 0 Å². The van der Waals surface area contributed by atoms with Gasteiger partial charge in [-0.3, -0.25) is 23.9 Å². The number of sulfonamides is 1. The van der Waals surface area contributed by atoms with Crippen LogP contribution in [-0.4, -0.2) is 53.6 Å².